The number of benzene rings is 1. The van der Waals surface area contributed by atoms with Crippen LogP contribution in [0.5, 0.6) is 0 Å². The summed E-state index contributed by atoms with van der Waals surface area (Å²) in [4.78, 5) is 14.5. The van der Waals surface area contributed by atoms with Crippen LogP contribution >= 0.6 is 0 Å². The lowest BCUT2D eigenvalue weighted by atomic mass is 9.94. The van der Waals surface area contributed by atoms with Gasteiger partial charge in [0.1, 0.15) is 0 Å². The molecule has 1 atom stereocenters. The molecule has 0 aliphatic carbocycles. The third-order valence-electron chi connectivity index (χ3n) is 3.77. The van der Waals surface area contributed by atoms with E-state index in [0.717, 1.165) is 32.5 Å². The zero-order chi connectivity index (χ0) is 14.6. The second-order valence-corrected chi connectivity index (χ2v) is 6.78. The second-order valence-electron chi connectivity index (χ2n) is 6.78. The molecule has 1 saturated heterocycles. The molecule has 1 aromatic rings. The number of carbonyl (C=O) groups excluding carboxylic acids is 1. The van der Waals surface area contributed by atoms with Crippen LogP contribution in [0.4, 0.5) is 0 Å². The smallest absolute Gasteiger partial charge is 0.225 e. The Bertz CT molecular complexity index is 436. The Labute approximate surface area is 122 Å². The first-order valence-corrected chi connectivity index (χ1v) is 7.52. The SMILES string of the molecule is CC(C)(C)C(=O)N[C@@H]1CCCN(Cc2ccccc2)C1. The minimum atomic E-state index is -0.304. The number of nitrogens with zero attached hydrogens (tertiary/aromatic N) is 1. The summed E-state index contributed by atoms with van der Waals surface area (Å²) in [6.45, 7) is 8.95. The van der Waals surface area contributed by atoms with E-state index in [1.54, 1.807) is 0 Å². The van der Waals surface area contributed by atoms with Gasteiger partial charge in [-0.1, -0.05) is 51.1 Å². The monoisotopic (exact) mass is 274 g/mol. The Hall–Kier alpha value is -1.35. The van der Waals surface area contributed by atoms with Gasteiger partial charge < -0.3 is 5.32 Å². The van der Waals surface area contributed by atoms with Crippen molar-refractivity contribution in [2.75, 3.05) is 13.1 Å². The van der Waals surface area contributed by atoms with Crippen LogP contribution < -0.4 is 5.32 Å². The Kier molecular flexibility index (Phi) is 4.81. The highest BCUT2D eigenvalue weighted by molar-refractivity contribution is 5.81. The van der Waals surface area contributed by atoms with Gasteiger partial charge in [0.05, 0.1) is 0 Å². The molecule has 1 aliphatic heterocycles. The molecule has 1 aliphatic rings. The van der Waals surface area contributed by atoms with Crippen LogP contribution in [0.1, 0.15) is 39.2 Å². The summed E-state index contributed by atoms with van der Waals surface area (Å²) in [6, 6.07) is 10.8. The van der Waals surface area contributed by atoms with Crippen LogP contribution in [0, 0.1) is 5.41 Å². The molecular formula is C17H26N2O. The average Bonchev–Trinajstić information content (AvgIpc) is 2.39. The summed E-state index contributed by atoms with van der Waals surface area (Å²) < 4.78 is 0. The highest BCUT2D eigenvalue weighted by Gasteiger charge is 2.26. The highest BCUT2D eigenvalue weighted by Crippen LogP contribution is 2.17. The number of piperidine rings is 1. The van der Waals surface area contributed by atoms with Crippen LogP contribution in [0.25, 0.3) is 0 Å². The van der Waals surface area contributed by atoms with Crippen LogP contribution in [-0.2, 0) is 11.3 Å². The topological polar surface area (TPSA) is 32.3 Å². The molecule has 1 heterocycles. The van der Waals surface area contributed by atoms with Crippen LogP contribution in [-0.4, -0.2) is 29.9 Å². The third kappa shape index (κ3) is 4.34. The molecule has 0 saturated carbocycles. The Morgan fingerprint density at radius 2 is 2.00 bits per heavy atom. The predicted molar refractivity (Wildman–Crippen MR) is 82.3 cm³/mol. The van der Waals surface area contributed by atoms with Crippen molar-refractivity contribution in [2.24, 2.45) is 5.41 Å². The summed E-state index contributed by atoms with van der Waals surface area (Å²) in [6.07, 6.45) is 2.25. The largest absolute Gasteiger partial charge is 0.352 e. The van der Waals surface area contributed by atoms with E-state index in [0.29, 0.717) is 6.04 Å². The fraction of sp³-hybridized carbons (Fsp3) is 0.588. The first-order chi connectivity index (χ1) is 9.45. The Balaban J connectivity index is 1.87. The number of amides is 1. The van der Waals surface area contributed by atoms with Crippen molar-refractivity contribution in [1.29, 1.82) is 0 Å². The minimum Gasteiger partial charge on any atom is -0.352 e. The van der Waals surface area contributed by atoms with Gasteiger partial charge in [0.25, 0.3) is 0 Å². The van der Waals surface area contributed by atoms with Gasteiger partial charge in [0.15, 0.2) is 0 Å². The van der Waals surface area contributed by atoms with E-state index in [-0.39, 0.29) is 11.3 Å². The van der Waals surface area contributed by atoms with Crippen LogP contribution in [0.15, 0.2) is 30.3 Å². The van der Waals surface area contributed by atoms with E-state index in [4.69, 9.17) is 0 Å². The van der Waals surface area contributed by atoms with Gasteiger partial charge in [-0.25, -0.2) is 0 Å². The van der Waals surface area contributed by atoms with E-state index in [1.807, 2.05) is 26.8 Å². The molecule has 0 aromatic heterocycles. The zero-order valence-electron chi connectivity index (χ0n) is 12.9. The number of carbonyl (C=O) groups is 1. The zero-order valence-corrected chi connectivity index (χ0v) is 12.9. The molecule has 1 N–H and O–H groups in total. The van der Waals surface area contributed by atoms with Crippen molar-refractivity contribution in [1.82, 2.24) is 10.2 Å². The quantitative estimate of drug-likeness (QED) is 0.919. The van der Waals surface area contributed by atoms with Gasteiger partial charge in [-0.2, -0.15) is 0 Å². The molecule has 2 rings (SSSR count). The number of likely N-dealkylation sites (tertiary alicyclic amines) is 1. The van der Waals surface area contributed by atoms with E-state index >= 15 is 0 Å². The molecule has 0 radical (unpaired) electrons. The fourth-order valence-electron chi connectivity index (χ4n) is 2.56. The molecule has 3 heteroatoms. The molecular weight excluding hydrogens is 248 g/mol. The second kappa shape index (κ2) is 6.40. The summed E-state index contributed by atoms with van der Waals surface area (Å²) in [5.74, 6) is 0.157. The van der Waals surface area contributed by atoms with E-state index < -0.39 is 0 Å². The van der Waals surface area contributed by atoms with E-state index in [1.165, 1.54) is 5.56 Å². The van der Waals surface area contributed by atoms with Gasteiger partial charge in [0, 0.05) is 24.5 Å². The molecule has 0 unspecified atom stereocenters. The van der Waals surface area contributed by atoms with Gasteiger partial charge >= 0.3 is 0 Å². The van der Waals surface area contributed by atoms with Crippen molar-refractivity contribution < 1.29 is 4.79 Å². The molecule has 0 bridgehead atoms. The third-order valence-corrected chi connectivity index (χ3v) is 3.77. The summed E-state index contributed by atoms with van der Waals surface area (Å²) >= 11 is 0. The standard InChI is InChI=1S/C17H26N2O/c1-17(2,3)16(20)18-15-10-7-11-19(13-15)12-14-8-5-4-6-9-14/h4-6,8-9,15H,7,10-13H2,1-3H3,(H,18,20)/t15-/m1/s1. The van der Waals surface area contributed by atoms with Crippen LogP contribution in [0.3, 0.4) is 0 Å². The number of hydrogen-bond donors (Lipinski definition) is 1. The predicted octanol–water partition coefficient (Wildman–Crippen LogP) is 2.81. The first kappa shape index (κ1) is 15.0. The van der Waals surface area contributed by atoms with Crippen molar-refractivity contribution >= 4 is 5.91 Å². The highest BCUT2D eigenvalue weighted by atomic mass is 16.2. The molecule has 1 amide bonds. The summed E-state index contributed by atoms with van der Waals surface area (Å²) in [7, 11) is 0. The minimum absolute atomic E-state index is 0.157. The number of rotatable bonds is 3. The fourth-order valence-corrected chi connectivity index (χ4v) is 2.56. The normalized spacial score (nSPS) is 20.6. The molecule has 110 valence electrons. The van der Waals surface area contributed by atoms with Gasteiger partial charge in [-0.3, -0.25) is 9.69 Å². The molecule has 0 spiro atoms. The van der Waals surface area contributed by atoms with Crippen molar-refractivity contribution in [3.8, 4) is 0 Å². The maximum Gasteiger partial charge on any atom is 0.225 e. The molecule has 1 aromatic carbocycles. The van der Waals surface area contributed by atoms with Crippen molar-refractivity contribution in [2.45, 2.75) is 46.2 Å². The van der Waals surface area contributed by atoms with Gasteiger partial charge in [-0.15, -0.1) is 0 Å². The maximum atomic E-state index is 12.1. The van der Waals surface area contributed by atoms with Crippen molar-refractivity contribution in [3.05, 3.63) is 35.9 Å². The van der Waals surface area contributed by atoms with Gasteiger partial charge in [0.2, 0.25) is 5.91 Å². The molecule has 1 fully saturated rings. The Morgan fingerprint density at radius 3 is 2.65 bits per heavy atom. The van der Waals surface area contributed by atoms with E-state index in [2.05, 4.69) is 34.5 Å². The van der Waals surface area contributed by atoms with Gasteiger partial charge in [-0.05, 0) is 24.9 Å². The summed E-state index contributed by atoms with van der Waals surface area (Å²) in [5, 5.41) is 3.19. The number of hydrogen-bond acceptors (Lipinski definition) is 2. The lowest BCUT2D eigenvalue weighted by Gasteiger charge is -2.34. The lowest BCUT2D eigenvalue weighted by Crippen LogP contribution is -2.50. The maximum absolute atomic E-state index is 12.1. The summed E-state index contributed by atoms with van der Waals surface area (Å²) in [5.41, 5.74) is 1.04. The van der Waals surface area contributed by atoms with Crippen LogP contribution in [0.2, 0.25) is 0 Å². The lowest BCUT2D eigenvalue weighted by molar-refractivity contribution is -0.129. The average molecular weight is 274 g/mol. The van der Waals surface area contributed by atoms with E-state index in [9.17, 15) is 4.79 Å². The first-order valence-electron chi connectivity index (χ1n) is 7.52. The Morgan fingerprint density at radius 1 is 1.30 bits per heavy atom. The number of nitrogens with one attached hydrogen (secondary N) is 1. The molecule has 3 nitrogen and oxygen atoms in total. The van der Waals surface area contributed by atoms with Crippen molar-refractivity contribution in [3.63, 3.8) is 0 Å². The molecule has 20 heavy (non-hydrogen) atoms.